The molecule has 1 rings (SSSR count). The van der Waals surface area contributed by atoms with E-state index in [1.54, 1.807) is 31.2 Å². The molecule has 5 nitrogen and oxygen atoms in total. The summed E-state index contributed by atoms with van der Waals surface area (Å²) in [6, 6.07) is 6.79. The van der Waals surface area contributed by atoms with Crippen molar-refractivity contribution in [2.75, 3.05) is 0 Å². The number of ketones is 1. The molecule has 0 amide bonds. The first kappa shape index (κ1) is 12.2. The van der Waals surface area contributed by atoms with Crippen molar-refractivity contribution >= 4 is 11.9 Å². The van der Waals surface area contributed by atoms with Crippen LogP contribution in [-0.4, -0.2) is 11.9 Å². The van der Waals surface area contributed by atoms with Crippen LogP contribution in [0.5, 0.6) is 5.75 Å². The van der Waals surface area contributed by atoms with Crippen molar-refractivity contribution in [1.82, 2.24) is 0 Å². The van der Waals surface area contributed by atoms with Crippen LogP contribution in [0.2, 0.25) is 0 Å². The highest BCUT2D eigenvalue weighted by Crippen LogP contribution is 2.13. The molecule has 0 heterocycles. The Morgan fingerprint density at radius 3 is 2.38 bits per heavy atom. The van der Waals surface area contributed by atoms with E-state index in [-0.39, 0.29) is 5.78 Å². The zero-order valence-electron chi connectivity index (χ0n) is 8.93. The van der Waals surface area contributed by atoms with E-state index in [0.29, 0.717) is 18.6 Å². The molecule has 86 valence electrons. The monoisotopic (exact) mass is 223 g/mol. The lowest BCUT2D eigenvalue weighted by molar-refractivity contribution is -0.116. The number of Topliss-reactive ketones (excluding diaryl/α,β-unsaturated/α-hetero) is 1. The van der Waals surface area contributed by atoms with Crippen LogP contribution < -0.4 is 10.6 Å². The van der Waals surface area contributed by atoms with Crippen molar-refractivity contribution in [3.05, 3.63) is 29.8 Å². The lowest BCUT2D eigenvalue weighted by atomic mass is 10.1. The zero-order chi connectivity index (χ0) is 12.0. The molecule has 0 aliphatic heterocycles. The standard InChI is InChI=1S/C11H13NO4/c1-8(13)2-3-9-4-6-10(7-5-9)15-11(14)16-12/h4-7H,2-3,12H2,1H3. The smallest absolute Gasteiger partial charge is 0.394 e. The number of aryl methyl sites for hydroxylation is 1. The van der Waals surface area contributed by atoms with Gasteiger partial charge in [-0.05, 0) is 31.0 Å². The van der Waals surface area contributed by atoms with Crippen molar-refractivity contribution in [3.63, 3.8) is 0 Å². The van der Waals surface area contributed by atoms with Gasteiger partial charge in [0.2, 0.25) is 0 Å². The third-order valence-corrected chi connectivity index (χ3v) is 1.99. The Bertz CT molecular complexity index is 372. The van der Waals surface area contributed by atoms with Crippen molar-refractivity contribution in [3.8, 4) is 5.75 Å². The van der Waals surface area contributed by atoms with Crippen LogP contribution in [0.25, 0.3) is 0 Å². The van der Waals surface area contributed by atoms with E-state index in [9.17, 15) is 9.59 Å². The third kappa shape index (κ3) is 4.10. The fraction of sp³-hybridized carbons (Fsp3) is 0.273. The van der Waals surface area contributed by atoms with Gasteiger partial charge in [0.05, 0.1) is 0 Å². The number of ether oxygens (including phenoxy) is 1. The van der Waals surface area contributed by atoms with Crippen molar-refractivity contribution < 1.29 is 19.2 Å². The number of carbonyl (C=O) groups excluding carboxylic acids is 2. The molecule has 1 aromatic carbocycles. The Hall–Kier alpha value is -1.88. The van der Waals surface area contributed by atoms with Gasteiger partial charge in [0.15, 0.2) is 0 Å². The summed E-state index contributed by atoms with van der Waals surface area (Å²) < 4.78 is 4.69. The van der Waals surface area contributed by atoms with Crippen LogP contribution in [0.15, 0.2) is 24.3 Å². The Kier molecular flexibility index (Phi) is 4.47. The van der Waals surface area contributed by atoms with Gasteiger partial charge in [-0.25, -0.2) is 4.79 Å². The number of hydrogen-bond acceptors (Lipinski definition) is 5. The van der Waals surface area contributed by atoms with E-state index in [4.69, 9.17) is 4.74 Å². The van der Waals surface area contributed by atoms with Gasteiger partial charge in [-0.3, -0.25) is 0 Å². The minimum absolute atomic E-state index is 0.145. The maximum Gasteiger partial charge on any atom is 0.533 e. The molecule has 0 unspecified atom stereocenters. The Labute approximate surface area is 93.1 Å². The minimum Gasteiger partial charge on any atom is -0.394 e. The summed E-state index contributed by atoms with van der Waals surface area (Å²) in [5, 5.41) is 0. The number of carbonyl (C=O) groups is 2. The molecule has 0 aliphatic carbocycles. The van der Waals surface area contributed by atoms with Crippen LogP contribution in [0.3, 0.4) is 0 Å². The molecular formula is C11H13NO4. The van der Waals surface area contributed by atoms with E-state index < -0.39 is 6.16 Å². The molecule has 0 atom stereocenters. The van der Waals surface area contributed by atoms with Crippen LogP contribution >= 0.6 is 0 Å². The first-order chi connectivity index (χ1) is 7.61. The Morgan fingerprint density at radius 2 is 1.88 bits per heavy atom. The topological polar surface area (TPSA) is 78.6 Å². The Morgan fingerprint density at radius 1 is 1.25 bits per heavy atom. The van der Waals surface area contributed by atoms with E-state index in [1.807, 2.05) is 0 Å². The molecule has 0 saturated heterocycles. The first-order valence-corrected chi connectivity index (χ1v) is 4.78. The van der Waals surface area contributed by atoms with E-state index in [0.717, 1.165) is 5.56 Å². The zero-order valence-corrected chi connectivity index (χ0v) is 8.93. The molecular weight excluding hydrogens is 210 g/mol. The molecule has 0 spiro atoms. The number of nitrogens with two attached hydrogens (primary N) is 1. The lowest BCUT2D eigenvalue weighted by Crippen LogP contribution is -2.14. The summed E-state index contributed by atoms with van der Waals surface area (Å²) in [6.07, 6.45) is 0.221. The van der Waals surface area contributed by atoms with Crippen LogP contribution in [0.1, 0.15) is 18.9 Å². The van der Waals surface area contributed by atoms with Gasteiger partial charge >= 0.3 is 6.16 Å². The summed E-state index contributed by atoms with van der Waals surface area (Å²) in [4.78, 5) is 25.3. The van der Waals surface area contributed by atoms with Crippen LogP contribution in [0, 0.1) is 0 Å². The molecule has 0 bridgehead atoms. The summed E-state index contributed by atoms with van der Waals surface area (Å²) in [7, 11) is 0. The Balaban J connectivity index is 2.54. The van der Waals surface area contributed by atoms with E-state index in [1.165, 1.54) is 0 Å². The molecule has 16 heavy (non-hydrogen) atoms. The summed E-state index contributed by atoms with van der Waals surface area (Å²) >= 11 is 0. The second-order valence-corrected chi connectivity index (χ2v) is 3.32. The first-order valence-electron chi connectivity index (χ1n) is 4.78. The van der Waals surface area contributed by atoms with Gasteiger partial charge < -0.3 is 14.4 Å². The second-order valence-electron chi connectivity index (χ2n) is 3.32. The average Bonchev–Trinajstić information content (AvgIpc) is 2.28. The maximum atomic E-state index is 10.8. The molecule has 0 fully saturated rings. The van der Waals surface area contributed by atoms with Crippen molar-refractivity contribution in [1.29, 1.82) is 0 Å². The minimum atomic E-state index is -0.962. The molecule has 5 heteroatoms. The van der Waals surface area contributed by atoms with Crippen LogP contribution in [-0.2, 0) is 16.1 Å². The number of benzene rings is 1. The second kappa shape index (κ2) is 5.87. The van der Waals surface area contributed by atoms with Gasteiger partial charge in [0, 0.05) is 6.42 Å². The molecule has 2 N–H and O–H groups in total. The predicted octanol–water partition coefficient (Wildman–Crippen LogP) is 1.60. The van der Waals surface area contributed by atoms with Crippen molar-refractivity contribution in [2.24, 2.45) is 5.90 Å². The third-order valence-electron chi connectivity index (χ3n) is 1.99. The maximum absolute atomic E-state index is 10.8. The molecule has 1 aromatic rings. The predicted molar refractivity (Wildman–Crippen MR) is 56.7 cm³/mol. The molecule has 0 aromatic heterocycles. The largest absolute Gasteiger partial charge is 0.533 e. The average molecular weight is 223 g/mol. The van der Waals surface area contributed by atoms with Gasteiger partial charge in [-0.2, -0.15) is 5.90 Å². The number of hydrogen-bond donors (Lipinski definition) is 1. The van der Waals surface area contributed by atoms with Crippen LogP contribution in [0.4, 0.5) is 4.79 Å². The fourth-order valence-corrected chi connectivity index (χ4v) is 1.16. The molecule has 0 saturated carbocycles. The highest BCUT2D eigenvalue weighted by atomic mass is 16.8. The van der Waals surface area contributed by atoms with Gasteiger partial charge in [0.25, 0.3) is 0 Å². The SMILES string of the molecule is CC(=O)CCc1ccc(OC(=O)ON)cc1. The normalized spacial score (nSPS) is 9.62. The van der Waals surface area contributed by atoms with Gasteiger partial charge in [-0.1, -0.05) is 12.1 Å². The number of rotatable bonds is 4. The summed E-state index contributed by atoms with van der Waals surface area (Å²) in [6.45, 7) is 1.55. The van der Waals surface area contributed by atoms with E-state index in [2.05, 4.69) is 10.7 Å². The van der Waals surface area contributed by atoms with Gasteiger partial charge in [0.1, 0.15) is 11.5 Å². The molecule has 0 radical (unpaired) electrons. The van der Waals surface area contributed by atoms with Gasteiger partial charge in [-0.15, -0.1) is 0 Å². The summed E-state index contributed by atoms with van der Waals surface area (Å²) in [5.74, 6) is 5.11. The molecule has 0 aliphatic rings. The quantitative estimate of drug-likeness (QED) is 0.476. The highest BCUT2D eigenvalue weighted by molar-refractivity contribution is 5.75. The van der Waals surface area contributed by atoms with E-state index >= 15 is 0 Å². The highest BCUT2D eigenvalue weighted by Gasteiger charge is 2.04. The summed E-state index contributed by atoms with van der Waals surface area (Å²) in [5.41, 5.74) is 1.00. The van der Waals surface area contributed by atoms with Crippen molar-refractivity contribution in [2.45, 2.75) is 19.8 Å². The lowest BCUT2D eigenvalue weighted by Gasteiger charge is -2.03. The fourth-order valence-electron chi connectivity index (χ4n) is 1.16.